The van der Waals surface area contributed by atoms with Gasteiger partial charge in [0.05, 0.1) is 0 Å². The molecule has 4 nitrogen and oxygen atoms in total. The number of pyridine rings is 1. The Hall–Kier alpha value is -2.20. The summed E-state index contributed by atoms with van der Waals surface area (Å²) in [7, 11) is 0. The van der Waals surface area contributed by atoms with Crippen LogP contribution >= 0.6 is 0 Å². The van der Waals surface area contributed by atoms with Crippen molar-refractivity contribution in [3.63, 3.8) is 0 Å². The highest BCUT2D eigenvalue weighted by Crippen LogP contribution is 2.22. The van der Waals surface area contributed by atoms with Gasteiger partial charge < -0.3 is 5.32 Å². The molecule has 2 aromatic rings. The molecule has 0 radical (unpaired) electrons. The van der Waals surface area contributed by atoms with Crippen molar-refractivity contribution in [2.45, 2.75) is 33.4 Å². The largest absolute Gasteiger partial charge is 0.348 e. The Bertz CT molecular complexity index is 674. The van der Waals surface area contributed by atoms with E-state index in [0.717, 1.165) is 23.9 Å². The number of nitrogens with zero attached hydrogens (tertiary/aromatic N) is 2. The lowest BCUT2D eigenvalue weighted by molar-refractivity contribution is 0.0951. The molecule has 2 heterocycles. The van der Waals surface area contributed by atoms with Crippen LogP contribution in [0.4, 0.5) is 0 Å². The minimum atomic E-state index is -0.0669. The first kappa shape index (κ1) is 17.6. The molecule has 1 saturated heterocycles. The van der Waals surface area contributed by atoms with Crippen molar-refractivity contribution in [2.24, 2.45) is 11.8 Å². The van der Waals surface area contributed by atoms with Gasteiger partial charge in [0.25, 0.3) is 5.91 Å². The van der Waals surface area contributed by atoms with E-state index in [2.05, 4.69) is 53.3 Å². The van der Waals surface area contributed by atoms with Crippen LogP contribution in [-0.2, 0) is 13.1 Å². The van der Waals surface area contributed by atoms with Crippen LogP contribution < -0.4 is 5.32 Å². The number of benzene rings is 1. The van der Waals surface area contributed by atoms with Crippen molar-refractivity contribution in [1.29, 1.82) is 0 Å². The minimum absolute atomic E-state index is 0.0669. The molecule has 1 amide bonds. The molecule has 1 aliphatic rings. The number of amides is 1. The Balaban J connectivity index is 1.51. The van der Waals surface area contributed by atoms with Crippen LogP contribution in [-0.4, -0.2) is 28.9 Å². The Labute approximate surface area is 150 Å². The van der Waals surface area contributed by atoms with Crippen molar-refractivity contribution in [2.75, 3.05) is 13.1 Å². The zero-order valence-electron chi connectivity index (χ0n) is 15.1. The topological polar surface area (TPSA) is 45.2 Å². The second-order valence-electron chi connectivity index (χ2n) is 7.38. The molecule has 1 aromatic heterocycles. The van der Waals surface area contributed by atoms with Gasteiger partial charge in [-0.15, -0.1) is 0 Å². The lowest BCUT2D eigenvalue weighted by Gasteiger charge is -2.35. The molecule has 0 aliphatic carbocycles. The molecule has 4 heteroatoms. The van der Waals surface area contributed by atoms with Gasteiger partial charge in [0.2, 0.25) is 0 Å². The van der Waals surface area contributed by atoms with Crippen LogP contribution in [0.1, 0.15) is 41.8 Å². The highest BCUT2D eigenvalue weighted by atomic mass is 16.1. The Morgan fingerprint density at radius 1 is 1.04 bits per heavy atom. The third kappa shape index (κ3) is 5.13. The molecule has 132 valence electrons. The summed E-state index contributed by atoms with van der Waals surface area (Å²) in [4.78, 5) is 18.5. The first-order valence-corrected chi connectivity index (χ1v) is 9.08. The second-order valence-corrected chi connectivity index (χ2v) is 7.38. The molecule has 3 rings (SSSR count). The molecular formula is C21H27N3O. The lowest BCUT2D eigenvalue weighted by atomic mass is 9.91. The van der Waals surface area contributed by atoms with Crippen molar-refractivity contribution >= 4 is 5.91 Å². The van der Waals surface area contributed by atoms with Crippen LogP contribution in [0.15, 0.2) is 48.8 Å². The third-order valence-corrected chi connectivity index (χ3v) is 4.77. The molecule has 1 aromatic carbocycles. The van der Waals surface area contributed by atoms with E-state index >= 15 is 0 Å². The minimum Gasteiger partial charge on any atom is -0.348 e. The number of hydrogen-bond acceptors (Lipinski definition) is 3. The summed E-state index contributed by atoms with van der Waals surface area (Å²) >= 11 is 0. The summed E-state index contributed by atoms with van der Waals surface area (Å²) in [5.74, 6) is 1.50. The molecule has 1 fully saturated rings. The van der Waals surface area contributed by atoms with E-state index < -0.39 is 0 Å². The summed E-state index contributed by atoms with van der Waals surface area (Å²) in [6.45, 7) is 8.62. The van der Waals surface area contributed by atoms with E-state index in [0.29, 0.717) is 12.1 Å². The molecule has 0 unspecified atom stereocenters. The zero-order valence-corrected chi connectivity index (χ0v) is 15.1. The number of carbonyl (C=O) groups is 1. The van der Waals surface area contributed by atoms with Gasteiger partial charge in [-0.2, -0.15) is 0 Å². The number of aromatic nitrogens is 1. The quantitative estimate of drug-likeness (QED) is 0.908. The SMILES string of the molecule is C[C@@H]1C[C@@H](C)CN(Cc2ccc(CNC(=O)c3ccncc3)cc2)C1. The molecule has 0 spiro atoms. The van der Waals surface area contributed by atoms with Crippen molar-refractivity contribution in [3.8, 4) is 0 Å². The number of rotatable bonds is 5. The molecule has 0 saturated carbocycles. The predicted molar refractivity (Wildman–Crippen MR) is 100 cm³/mol. The first-order valence-electron chi connectivity index (χ1n) is 9.08. The van der Waals surface area contributed by atoms with E-state index in [4.69, 9.17) is 0 Å². The second kappa shape index (κ2) is 8.26. The fourth-order valence-corrected chi connectivity index (χ4v) is 3.73. The van der Waals surface area contributed by atoms with Gasteiger partial charge in [-0.1, -0.05) is 38.1 Å². The highest BCUT2D eigenvalue weighted by molar-refractivity contribution is 5.93. The molecule has 25 heavy (non-hydrogen) atoms. The van der Waals surface area contributed by atoms with Gasteiger partial charge in [0.15, 0.2) is 0 Å². The van der Waals surface area contributed by atoms with E-state index in [9.17, 15) is 4.79 Å². The van der Waals surface area contributed by atoms with Gasteiger partial charge in [-0.25, -0.2) is 0 Å². The first-order chi connectivity index (χ1) is 12.1. The highest BCUT2D eigenvalue weighted by Gasteiger charge is 2.21. The summed E-state index contributed by atoms with van der Waals surface area (Å²) in [5, 5.41) is 2.95. The maximum Gasteiger partial charge on any atom is 0.251 e. The predicted octanol–water partition coefficient (Wildman–Crippen LogP) is 3.49. The molecular weight excluding hydrogens is 310 g/mol. The van der Waals surface area contributed by atoms with Crippen LogP contribution in [0.25, 0.3) is 0 Å². The van der Waals surface area contributed by atoms with Crippen molar-refractivity contribution in [1.82, 2.24) is 15.2 Å². The summed E-state index contributed by atoms with van der Waals surface area (Å²) < 4.78 is 0. The van der Waals surface area contributed by atoms with E-state index in [1.807, 2.05) is 0 Å². The average Bonchev–Trinajstić information content (AvgIpc) is 2.61. The van der Waals surface area contributed by atoms with Gasteiger partial charge in [-0.05, 0) is 41.5 Å². The average molecular weight is 337 g/mol. The number of piperidine rings is 1. The van der Waals surface area contributed by atoms with E-state index in [-0.39, 0.29) is 5.91 Å². The van der Waals surface area contributed by atoms with Crippen LogP contribution in [0, 0.1) is 11.8 Å². The monoisotopic (exact) mass is 337 g/mol. The number of carbonyl (C=O) groups excluding carboxylic acids is 1. The lowest BCUT2D eigenvalue weighted by Crippen LogP contribution is -2.38. The zero-order chi connectivity index (χ0) is 17.6. The number of hydrogen-bond donors (Lipinski definition) is 1. The molecule has 1 aliphatic heterocycles. The third-order valence-electron chi connectivity index (χ3n) is 4.77. The summed E-state index contributed by atoms with van der Waals surface area (Å²) in [6, 6.07) is 12.0. The molecule has 1 N–H and O–H groups in total. The Morgan fingerprint density at radius 3 is 2.28 bits per heavy atom. The number of likely N-dealkylation sites (tertiary alicyclic amines) is 1. The molecule has 0 bridgehead atoms. The van der Waals surface area contributed by atoms with Crippen molar-refractivity contribution in [3.05, 3.63) is 65.5 Å². The maximum absolute atomic E-state index is 12.1. The van der Waals surface area contributed by atoms with Gasteiger partial charge in [0, 0.05) is 44.1 Å². The smallest absolute Gasteiger partial charge is 0.251 e. The Kier molecular flexibility index (Phi) is 5.82. The fourth-order valence-electron chi connectivity index (χ4n) is 3.73. The Morgan fingerprint density at radius 2 is 1.64 bits per heavy atom. The van der Waals surface area contributed by atoms with Crippen molar-refractivity contribution < 1.29 is 4.79 Å². The summed E-state index contributed by atoms with van der Waals surface area (Å²) in [5.41, 5.74) is 3.09. The van der Waals surface area contributed by atoms with E-state index in [1.165, 1.54) is 25.1 Å². The van der Waals surface area contributed by atoms with Crippen LogP contribution in [0.2, 0.25) is 0 Å². The summed E-state index contributed by atoms with van der Waals surface area (Å²) in [6.07, 6.45) is 4.60. The van der Waals surface area contributed by atoms with Crippen LogP contribution in [0.3, 0.4) is 0 Å². The normalized spacial score (nSPS) is 21.0. The van der Waals surface area contributed by atoms with E-state index in [1.54, 1.807) is 24.5 Å². The molecule has 2 atom stereocenters. The fraction of sp³-hybridized carbons (Fsp3) is 0.429. The maximum atomic E-state index is 12.1. The van der Waals surface area contributed by atoms with Gasteiger partial charge >= 0.3 is 0 Å². The van der Waals surface area contributed by atoms with Crippen LogP contribution in [0.5, 0.6) is 0 Å². The van der Waals surface area contributed by atoms with Gasteiger partial charge in [0.1, 0.15) is 0 Å². The standard InChI is InChI=1S/C21H27N3O/c1-16-11-17(2)14-24(13-16)15-19-5-3-18(4-6-19)12-23-21(25)20-7-9-22-10-8-20/h3-10,16-17H,11-15H2,1-2H3,(H,23,25)/t16-,17-/m1/s1. The van der Waals surface area contributed by atoms with Gasteiger partial charge in [-0.3, -0.25) is 14.7 Å². The number of nitrogens with one attached hydrogen (secondary N) is 1.